The summed E-state index contributed by atoms with van der Waals surface area (Å²) in [7, 11) is 0. The van der Waals surface area contributed by atoms with Crippen LogP contribution in [0.2, 0.25) is 5.02 Å². The minimum Gasteiger partial charge on any atom is -0.466 e. The third-order valence-electron chi connectivity index (χ3n) is 5.83. The van der Waals surface area contributed by atoms with Gasteiger partial charge in [-0.2, -0.15) is 0 Å². The van der Waals surface area contributed by atoms with E-state index in [0.717, 1.165) is 51.4 Å². The van der Waals surface area contributed by atoms with Crippen molar-refractivity contribution >= 4 is 23.5 Å². The fraction of sp³-hybridized carbons (Fsp3) is 0.714. The van der Waals surface area contributed by atoms with E-state index in [4.69, 9.17) is 21.1 Å². The first-order valence-corrected chi connectivity index (χ1v) is 13.6. The second-order valence-electron chi connectivity index (χ2n) is 8.93. The Morgan fingerprint density at radius 1 is 0.667 bits per heavy atom. The minimum atomic E-state index is -0.242. The first-order chi connectivity index (χ1) is 16.1. The van der Waals surface area contributed by atoms with Gasteiger partial charge in [-0.15, -0.1) is 0 Å². The fourth-order valence-corrected chi connectivity index (χ4v) is 3.97. The molecule has 4 nitrogen and oxygen atoms in total. The van der Waals surface area contributed by atoms with Crippen molar-refractivity contribution in [3.05, 3.63) is 29.3 Å². The highest BCUT2D eigenvalue weighted by molar-refractivity contribution is 6.32. The summed E-state index contributed by atoms with van der Waals surface area (Å²) in [6.45, 7) is 2.82. The van der Waals surface area contributed by atoms with E-state index in [9.17, 15) is 9.59 Å². The summed E-state index contributed by atoms with van der Waals surface area (Å²) in [6.07, 6.45) is 19.6. The number of hydrogen-bond donors (Lipinski definition) is 0. The van der Waals surface area contributed by atoms with Crippen LogP contribution in [0.1, 0.15) is 122 Å². The third kappa shape index (κ3) is 17.6. The van der Waals surface area contributed by atoms with Crippen LogP contribution in [-0.4, -0.2) is 18.5 Å². The zero-order valence-electron chi connectivity index (χ0n) is 20.8. The van der Waals surface area contributed by atoms with Crippen LogP contribution in [0.5, 0.6) is 5.75 Å². The predicted molar refractivity (Wildman–Crippen MR) is 137 cm³/mol. The largest absolute Gasteiger partial charge is 0.466 e. The van der Waals surface area contributed by atoms with Gasteiger partial charge in [-0.05, 0) is 31.4 Å². The van der Waals surface area contributed by atoms with Crippen molar-refractivity contribution in [2.24, 2.45) is 0 Å². The Balaban J connectivity index is 1.83. The fourth-order valence-electron chi connectivity index (χ4n) is 3.79. The van der Waals surface area contributed by atoms with Crippen LogP contribution >= 0.6 is 11.6 Å². The minimum absolute atomic E-state index is 0.0618. The Morgan fingerprint density at radius 3 is 1.73 bits per heavy atom. The molecule has 5 heteroatoms. The van der Waals surface area contributed by atoms with Gasteiger partial charge < -0.3 is 9.47 Å². The van der Waals surface area contributed by atoms with E-state index in [2.05, 4.69) is 6.92 Å². The summed E-state index contributed by atoms with van der Waals surface area (Å²) in [5.74, 6) is 0.116. The van der Waals surface area contributed by atoms with Gasteiger partial charge in [0.1, 0.15) is 5.75 Å². The molecule has 33 heavy (non-hydrogen) atoms. The van der Waals surface area contributed by atoms with Crippen molar-refractivity contribution in [3.63, 3.8) is 0 Å². The van der Waals surface area contributed by atoms with Gasteiger partial charge in [0, 0.05) is 12.8 Å². The molecule has 1 aromatic rings. The predicted octanol–water partition coefficient (Wildman–Crippen LogP) is 8.83. The number of para-hydroxylation sites is 1. The third-order valence-corrected chi connectivity index (χ3v) is 6.15. The van der Waals surface area contributed by atoms with Crippen LogP contribution in [0.3, 0.4) is 0 Å². The first kappa shape index (κ1) is 29.5. The molecule has 0 fully saturated rings. The van der Waals surface area contributed by atoms with Crippen LogP contribution < -0.4 is 4.74 Å². The number of esters is 2. The SMILES string of the molecule is CCCCCCCCCCCCOC(=O)CCCCCCCCC(=O)Oc1ccccc1Cl. The molecule has 0 saturated carbocycles. The Bertz CT molecular complexity index is 632. The summed E-state index contributed by atoms with van der Waals surface area (Å²) in [6, 6.07) is 7.00. The number of hydrogen-bond acceptors (Lipinski definition) is 4. The van der Waals surface area contributed by atoms with Crippen molar-refractivity contribution in [3.8, 4) is 5.75 Å². The van der Waals surface area contributed by atoms with Crippen molar-refractivity contribution in [1.82, 2.24) is 0 Å². The van der Waals surface area contributed by atoms with Gasteiger partial charge in [0.2, 0.25) is 0 Å². The molecule has 0 aliphatic heterocycles. The summed E-state index contributed by atoms with van der Waals surface area (Å²) >= 11 is 5.99. The summed E-state index contributed by atoms with van der Waals surface area (Å²) < 4.78 is 10.6. The van der Waals surface area contributed by atoms with Gasteiger partial charge in [-0.25, -0.2) is 0 Å². The molecule has 0 heterocycles. The second kappa shape index (κ2) is 21.0. The lowest BCUT2D eigenvalue weighted by atomic mass is 10.1. The average Bonchev–Trinajstić information content (AvgIpc) is 2.80. The molecule has 0 spiro atoms. The maximum atomic E-state index is 11.9. The Kier molecular flexibility index (Phi) is 18.8. The zero-order chi connectivity index (χ0) is 24.0. The van der Waals surface area contributed by atoms with Crippen molar-refractivity contribution in [2.45, 2.75) is 122 Å². The van der Waals surface area contributed by atoms with Gasteiger partial charge in [0.25, 0.3) is 0 Å². The quantitative estimate of drug-likeness (QED) is 0.100. The highest BCUT2D eigenvalue weighted by atomic mass is 35.5. The van der Waals surface area contributed by atoms with Crippen LogP contribution in [-0.2, 0) is 14.3 Å². The lowest BCUT2D eigenvalue weighted by Crippen LogP contribution is -2.07. The summed E-state index contributed by atoms with van der Waals surface area (Å²) in [5.41, 5.74) is 0. The van der Waals surface area contributed by atoms with Gasteiger partial charge in [0.05, 0.1) is 11.6 Å². The zero-order valence-corrected chi connectivity index (χ0v) is 21.5. The van der Waals surface area contributed by atoms with Gasteiger partial charge in [0.15, 0.2) is 0 Å². The first-order valence-electron chi connectivity index (χ1n) is 13.2. The molecular weight excluding hydrogens is 436 g/mol. The van der Waals surface area contributed by atoms with Crippen LogP contribution in [0.15, 0.2) is 24.3 Å². The van der Waals surface area contributed by atoms with E-state index in [1.807, 2.05) is 0 Å². The number of carbonyl (C=O) groups excluding carboxylic acids is 2. The standard InChI is InChI=1S/C28H45ClO4/c1-2-3-4-5-6-7-8-11-14-19-24-32-27(30)22-15-12-9-10-13-16-23-28(31)33-26-21-18-17-20-25(26)29/h17-18,20-21H,2-16,19,22-24H2,1H3. The van der Waals surface area contributed by atoms with E-state index < -0.39 is 0 Å². The molecule has 0 N–H and O–H groups in total. The molecule has 1 rings (SSSR count). The molecular formula is C28H45ClO4. The lowest BCUT2D eigenvalue weighted by molar-refractivity contribution is -0.144. The van der Waals surface area contributed by atoms with Crippen LogP contribution in [0.25, 0.3) is 0 Å². The highest BCUT2D eigenvalue weighted by Gasteiger charge is 2.07. The van der Waals surface area contributed by atoms with E-state index in [1.54, 1.807) is 24.3 Å². The Morgan fingerprint density at radius 2 is 1.15 bits per heavy atom. The normalized spacial score (nSPS) is 10.8. The lowest BCUT2D eigenvalue weighted by Gasteiger charge is -2.06. The summed E-state index contributed by atoms with van der Waals surface area (Å²) in [5, 5.41) is 0.452. The summed E-state index contributed by atoms with van der Waals surface area (Å²) in [4.78, 5) is 23.7. The van der Waals surface area contributed by atoms with E-state index in [0.29, 0.717) is 30.2 Å². The number of ether oxygens (including phenoxy) is 2. The topological polar surface area (TPSA) is 52.6 Å². The van der Waals surface area contributed by atoms with Crippen molar-refractivity contribution in [2.75, 3.05) is 6.61 Å². The van der Waals surface area contributed by atoms with Gasteiger partial charge >= 0.3 is 11.9 Å². The highest BCUT2D eigenvalue weighted by Crippen LogP contribution is 2.23. The number of benzene rings is 1. The molecule has 0 saturated heterocycles. The second-order valence-corrected chi connectivity index (χ2v) is 9.34. The van der Waals surface area contributed by atoms with Crippen LogP contribution in [0, 0.1) is 0 Å². The molecule has 0 atom stereocenters. The number of unbranched alkanes of at least 4 members (excludes halogenated alkanes) is 14. The Labute approximate surface area is 206 Å². The van der Waals surface area contributed by atoms with E-state index in [1.165, 1.54) is 51.4 Å². The number of rotatable bonds is 21. The molecule has 0 bridgehead atoms. The van der Waals surface area contributed by atoms with E-state index >= 15 is 0 Å². The molecule has 188 valence electrons. The molecule has 0 aromatic heterocycles. The van der Waals surface area contributed by atoms with Gasteiger partial charge in [-0.3, -0.25) is 9.59 Å². The molecule has 0 unspecified atom stereocenters. The average molecular weight is 481 g/mol. The molecule has 0 aliphatic carbocycles. The Hall–Kier alpha value is -1.55. The van der Waals surface area contributed by atoms with Crippen LogP contribution in [0.4, 0.5) is 0 Å². The maximum Gasteiger partial charge on any atom is 0.311 e. The monoisotopic (exact) mass is 480 g/mol. The molecule has 0 radical (unpaired) electrons. The number of halogens is 1. The molecule has 0 aliphatic rings. The van der Waals surface area contributed by atoms with Crippen molar-refractivity contribution < 1.29 is 19.1 Å². The van der Waals surface area contributed by atoms with Crippen molar-refractivity contribution in [1.29, 1.82) is 0 Å². The number of carbonyl (C=O) groups is 2. The molecule has 0 amide bonds. The molecule has 1 aromatic carbocycles. The smallest absolute Gasteiger partial charge is 0.311 e. The maximum absolute atomic E-state index is 11.9. The van der Waals surface area contributed by atoms with Gasteiger partial charge in [-0.1, -0.05) is 114 Å². The van der Waals surface area contributed by atoms with E-state index in [-0.39, 0.29) is 11.9 Å².